The largest absolute Gasteiger partial charge is 0.353 e. The molecule has 156 valence electrons. The molecule has 2 aromatic heterocycles. The van der Waals surface area contributed by atoms with Crippen LogP contribution in [0.3, 0.4) is 0 Å². The van der Waals surface area contributed by atoms with Crippen LogP contribution in [0.1, 0.15) is 19.8 Å². The van der Waals surface area contributed by atoms with E-state index in [1.165, 1.54) is 41.6 Å². The number of fused-ring (bicyclic) bond motifs is 1. The van der Waals surface area contributed by atoms with Crippen molar-refractivity contribution in [1.29, 1.82) is 0 Å². The third kappa shape index (κ3) is 4.62. The second kappa shape index (κ2) is 9.09. The first-order valence-electron chi connectivity index (χ1n) is 9.67. The Kier molecular flexibility index (Phi) is 6.29. The predicted molar refractivity (Wildman–Crippen MR) is 117 cm³/mol. The lowest BCUT2D eigenvalue weighted by atomic mass is 10.1. The van der Waals surface area contributed by atoms with E-state index in [0.717, 1.165) is 39.2 Å². The number of rotatable bonds is 5. The minimum Gasteiger partial charge on any atom is -0.353 e. The molecule has 0 unspecified atom stereocenters. The normalized spacial score (nSPS) is 14.8. The standard InChI is InChI=1S/C21H21FN4O2S2/c1-13(27)26-8-6-16(7-9-26)25-18(28)11-30-21-19-17(10-29-20(19)23-12-24-21)14-2-4-15(22)5-3-14/h2-5,10,12,16H,6-9,11H2,1H3,(H,25,28). The molecule has 1 fully saturated rings. The number of carbonyl (C=O) groups is 2. The van der Waals surface area contributed by atoms with Gasteiger partial charge in [-0.3, -0.25) is 9.59 Å². The molecule has 0 radical (unpaired) electrons. The summed E-state index contributed by atoms with van der Waals surface area (Å²) in [4.78, 5) is 35.3. The molecule has 1 saturated heterocycles. The van der Waals surface area contributed by atoms with Gasteiger partial charge < -0.3 is 10.2 Å². The minimum absolute atomic E-state index is 0.0494. The molecule has 3 aromatic rings. The molecule has 1 aliphatic rings. The van der Waals surface area contributed by atoms with Crippen molar-refractivity contribution in [3.63, 3.8) is 0 Å². The molecule has 0 bridgehead atoms. The average molecular weight is 445 g/mol. The van der Waals surface area contributed by atoms with E-state index in [1.54, 1.807) is 19.1 Å². The molecule has 30 heavy (non-hydrogen) atoms. The number of piperidine rings is 1. The summed E-state index contributed by atoms with van der Waals surface area (Å²) in [6.07, 6.45) is 3.05. The van der Waals surface area contributed by atoms with Gasteiger partial charge in [0, 0.05) is 37.0 Å². The van der Waals surface area contributed by atoms with Gasteiger partial charge in [0.15, 0.2) is 0 Å². The van der Waals surface area contributed by atoms with Crippen LogP contribution in [-0.2, 0) is 9.59 Å². The van der Waals surface area contributed by atoms with Gasteiger partial charge in [-0.1, -0.05) is 23.9 Å². The lowest BCUT2D eigenvalue weighted by molar-refractivity contribution is -0.130. The number of nitrogens with one attached hydrogen (secondary N) is 1. The summed E-state index contributed by atoms with van der Waals surface area (Å²) < 4.78 is 13.3. The van der Waals surface area contributed by atoms with Gasteiger partial charge in [0.1, 0.15) is 22.0 Å². The molecule has 1 N–H and O–H groups in total. The Morgan fingerprint density at radius 1 is 1.23 bits per heavy atom. The van der Waals surface area contributed by atoms with Crippen LogP contribution in [0.4, 0.5) is 4.39 Å². The van der Waals surface area contributed by atoms with E-state index in [9.17, 15) is 14.0 Å². The molecule has 0 spiro atoms. The van der Waals surface area contributed by atoms with E-state index in [4.69, 9.17) is 0 Å². The number of thioether (sulfide) groups is 1. The molecule has 0 atom stereocenters. The highest BCUT2D eigenvalue weighted by Crippen LogP contribution is 2.37. The topological polar surface area (TPSA) is 75.2 Å². The van der Waals surface area contributed by atoms with Crippen molar-refractivity contribution in [2.45, 2.75) is 30.8 Å². The van der Waals surface area contributed by atoms with Gasteiger partial charge in [0.05, 0.1) is 11.1 Å². The van der Waals surface area contributed by atoms with E-state index in [2.05, 4.69) is 15.3 Å². The number of halogens is 1. The molecule has 1 aliphatic heterocycles. The zero-order valence-electron chi connectivity index (χ0n) is 16.4. The van der Waals surface area contributed by atoms with Gasteiger partial charge in [-0.2, -0.15) is 0 Å². The van der Waals surface area contributed by atoms with Crippen LogP contribution >= 0.6 is 23.1 Å². The van der Waals surface area contributed by atoms with Gasteiger partial charge in [-0.05, 0) is 30.5 Å². The highest BCUT2D eigenvalue weighted by molar-refractivity contribution is 8.00. The fraction of sp³-hybridized carbons (Fsp3) is 0.333. The van der Waals surface area contributed by atoms with Crippen LogP contribution < -0.4 is 5.32 Å². The fourth-order valence-electron chi connectivity index (χ4n) is 3.54. The van der Waals surface area contributed by atoms with E-state index >= 15 is 0 Å². The Morgan fingerprint density at radius 3 is 2.67 bits per heavy atom. The van der Waals surface area contributed by atoms with Crippen LogP contribution in [0, 0.1) is 5.82 Å². The number of aromatic nitrogens is 2. The first kappa shape index (κ1) is 20.7. The maximum absolute atomic E-state index is 13.3. The van der Waals surface area contributed by atoms with Crippen molar-refractivity contribution in [2.75, 3.05) is 18.8 Å². The number of benzene rings is 1. The van der Waals surface area contributed by atoms with Crippen LogP contribution in [0.2, 0.25) is 0 Å². The number of nitrogens with zero attached hydrogens (tertiary/aromatic N) is 3. The first-order chi connectivity index (χ1) is 14.5. The molecule has 2 amide bonds. The van der Waals surface area contributed by atoms with E-state index < -0.39 is 0 Å². The van der Waals surface area contributed by atoms with Crippen LogP contribution in [0.5, 0.6) is 0 Å². The number of thiophene rings is 1. The molecular formula is C21H21FN4O2S2. The summed E-state index contributed by atoms with van der Waals surface area (Å²) in [7, 11) is 0. The predicted octanol–water partition coefficient (Wildman–Crippen LogP) is 3.72. The summed E-state index contributed by atoms with van der Waals surface area (Å²) >= 11 is 2.87. The first-order valence-corrected chi connectivity index (χ1v) is 11.5. The Labute approximate surface area is 181 Å². The number of likely N-dealkylation sites (tertiary alicyclic amines) is 1. The summed E-state index contributed by atoms with van der Waals surface area (Å²) in [5.41, 5.74) is 1.83. The van der Waals surface area contributed by atoms with Crippen molar-refractivity contribution in [2.24, 2.45) is 0 Å². The SMILES string of the molecule is CC(=O)N1CCC(NC(=O)CSc2ncnc3scc(-c4ccc(F)cc4)c23)CC1. The number of amides is 2. The zero-order chi connectivity index (χ0) is 21.1. The lowest BCUT2D eigenvalue weighted by Gasteiger charge is -2.31. The summed E-state index contributed by atoms with van der Waals surface area (Å²) in [6, 6.07) is 6.42. The van der Waals surface area contributed by atoms with Gasteiger partial charge in [0.2, 0.25) is 11.8 Å². The van der Waals surface area contributed by atoms with Crippen molar-refractivity contribution in [1.82, 2.24) is 20.2 Å². The third-order valence-corrected chi connectivity index (χ3v) is 7.01. The fourth-order valence-corrected chi connectivity index (χ4v) is 5.35. The summed E-state index contributed by atoms with van der Waals surface area (Å²) in [5.74, 6) is -0.00467. The van der Waals surface area contributed by atoms with Gasteiger partial charge in [-0.15, -0.1) is 11.3 Å². The maximum Gasteiger partial charge on any atom is 0.230 e. The van der Waals surface area contributed by atoms with E-state index in [-0.39, 0.29) is 29.4 Å². The smallest absolute Gasteiger partial charge is 0.230 e. The maximum atomic E-state index is 13.3. The number of hydrogen-bond donors (Lipinski definition) is 1. The Bertz CT molecular complexity index is 1060. The highest BCUT2D eigenvalue weighted by atomic mass is 32.2. The molecule has 4 rings (SSSR count). The monoisotopic (exact) mass is 444 g/mol. The van der Waals surface area contributed by atoms with Crippen molar-refractivity contribution in [3.8, 4) is 11.1 Å². The minimum atomic E-state index is -0.282. The second-order valence-corrected chi connectivity index (χ2v) is 8.97. The van der Waals surface area contributed by atoms with E-state index in [1.807, 2.05) is 10.3 Å². The third-order valence-electron chi connectivity index (χ3n) is 5.14. The van der Waals surface area contributed by atoms with Crippen molar-refractivity contribution in [3.05, 3.63) is 41.8 Å². The van der Waals surface area contributed by atoms with Crippen LogP contribution in [0.15, 0.2) is 41.0 Å². The van der Waals surface area contributed by atoms with E-state index in [0.29, 0.717) is 13.1 Å². The summed E-state index contributed by atoms with van der Waals surface area (Å²) in [5, 5.41) is 6.68. The zero-order valence-corrected chi connectivity index (χ0v) is 18.1. The quantitative estimate of drug-likeness (QED) is 0.480. The molecule has 3 heterocycles. The number of hydrogen-bond acceptors (Lipinski definition) is 6. The Balaban J connectivity index is 1.43. The molecule has 1 aromatic carbocycles. The van der Waals surface area contributed by atoms with Crippen molar-refractivity contribution >= 4 is 45.1 Å². The summed E-state index contributed by atoms with van der Waals surface area (Å²) in [6.45, 7) is 2.93. The van der Waals surface area contributed by atoms with Crippen LogP contribution in [0.25, 0.3) is 21.3 Å². The second-order valence-electron chi connectivity index (χ2n) is 7.15. The number of carbonyl (C=O) groups excluding carboxylic acids is 2. The molecular weight excluding hydrogens is 423 g/mol. The van der Waals surface area contributed by atoms with Crippen molar-refractivity contribution < 1.29 is 14.0 Å². The lowest BCUT2D eigenvalue weighted by Crippen LogP contribution is -2.46. The Hall–Kier alpha value is -2.52. The molecule has 9 heteroatoms. The van der Waals surface area contributed by atoms with Gasteiger partial charge in [0.25, 0.3) is 0 Å². The average Bonchev–Trinajstić information content (AvgIpc) is 3.18. The Morgan fingerprint density at radius 2 is 1.97 bits per heavy atom. The van der Waals surface area contributed by atoms with Crippen LogP contribution in [-0.4, -0.2) is 51.6 Å². The molecule has 0 saturated carbocycles. The highest BCUT2D eigenvalue weighted by Gasteiger charge is 2.22. The molecule has 6 nitrogen and oxygen atoms in total. The molecule has 0 aliphatic carbocycles. The van der Waals surface area contributed by atoms with Gasteiger partial charge >= 0.3 is 0 Å². The van der Waals surface area contributed by atoms with Gasteiger partial charge in [-0.25, -0.2) is 14.4 Å².